The predicted octanol–water partition coefficient (Wildman–Crippen LogP) is 3.45. The van der Waals surface area contributed by atoms with Gasteiger partial charge < -0.3 is 5.32 Å². The van der Waals surface area contributed by atoms with Crippen molar-refractivity contribution in [3.63, 3.8) is 0 Å². The molecule has 0 aliphatic rings. The Bertz CT molecular complexity index is 623. The summed E-state index contributed by atoms with van der Waals surface area (Å²) in [6.07, 6.45) is 1.69. The fourth-order valence-corrected chi connectivity index (χ4v) is 1.78. The van der Waals surface area contributed by atoms with E-state index in [-0.39, 0.29) is 5.82 Å². The van der Waals surface area contributed by atoms with Gasteiger partial charge in [0.25, 0.3) is 0 Å². The Morgan fingerprint density at radius 1 is 1.20 bits per heavy atom. The summed E-state index contributed by atoms with van der Waals surface area (Å²) >= 11 is 5.08. The van der Waals surface area contributed by atoms with Crippen LogP contribution in [0.15, 0.2) is 53.6 Å². The summed E-state index contributed by atoms with van der Waals surface area (Å²) in [5.41, 5.74) is 5.57. The Morgan fingerprint density at radius 2 is 1.95 bits per heavy atom. The number of aryl methyl sites for hydroxylation is 1. The van der Waals surface area contributed by atoms with Crippen LogP contribution in [0.25, 0.3) is 0 Å². The van der Waals surface area contributed by atoms with Crippen LogP contribution in [0.1, 0.15) is 11.1 Å². The Balaban J connectivity index is 1.87. The number of benzene rings is 2. The lowest BCUT2D eigenvalue weighted by Gasteiger charge is -2.06. The lowest BCUT2D eigenvalue weighted by molar-refractivity contribution is 0.628. The predicted molar refractivity (Wildman–Crippen MR) is 84.5 cm³/mol. The summed E-state index contributed by atoms with van der Waals surface area (Å²) in [6, 6.07) is 13.9. The van der Waals surface area contributed by atoms with E-state index in [1.54, 1.807) is 18.3 Å². The first-order valence-corrected chi connectivity index (χ1v) is 6.46. The van der Waals surface area contributed by atoms with Crippen LogP contribution < -0.4 is 10.7 Å². The van der Waals surface area contributed by atoms with Gasteiger partial charge in [-0.15, -0.1) is 0 Å². The summed E-state index contributed by atoms with van der Waals surface area (Å²) in [6.45, 7) is 2.02. The largest absolute Gasteiger partial charge is 0.331 e. The van der Waals surface area contributed by atoms with Gasteiger partial charge in [-0.3, -0.25) is 5.43 Å². The Hall–Kier alpha value is -2.27. The third-order valence-electron chi connectivity index (χ3n) is 2.52. The molecule has 20 heavy (non-hydrogen) atoms. The summed E-state index contributed by atoms with van der Waals surface area (Å²) in [7, 11) is 0. The molecule has 2 aromatic carbocycles. The van der Waals surface area contributed by atoms with Crippen LogP contribution in [0.4, 0.5) is 10.1 Å². The molecule has 0 aromatic heterocycles. The number of nitrogens with one attached hydrogen (secondary N) is 2. The van der Waals surface area contributed by atoms with Gasteiger partial charge in [0.1, 0.15) is 5.82 Å². The van der Waals surface area contributed by atoms with Crippen molar-refractivity contribution < 1.29 is 4.39 Å². The first kappa shape index (κ1) is 14.1. The third kappa shape index (κ3) is 4.44. The van der Waals surface area contributed by atoms with E-state index in [2.05, 4.69) is 15.8 Å². The van der Waals surface area contributed by atoms with Gasteiger partial charge in [0, 0.05) is 5.69 Å². The van der Waals surface area contributed by atoms with Gasteiger partial charge in [0.2, 0.25) is 0 Å². The zero-order valence-corrected chi connectivity index (χ0v) is 11.7. The number of rotatable bonds is 3. The molecule has 5 heteroatoms. The molecule has 3 nitrogen and oxygen atoms in total. The van der Waals surface area contributed by atoms with Crippen LogP contribution in [0, 0.1) is 12.7 Å². The van der Waals surface area contributed by atoms with E-state index in [4.69, 9.17) is 12.2 Å². The summed E-state index contributed by atoms with van der Waals surface area (Å²) < 4.78 is 12.7. The molecule has 0 saturated carbocycles. The number of hydrogen-bond donors (Lipinski definition) is 2. The molecule has 0 aliphatic carbocycles. The molecule has 0 saturated heterocycles. The maximum absolute atomic E-state index is 12.7. The Labute approximate surface area is 122 Å². The van der Waals surface area contributed by atoms with Gasteiger partial charge in [0.05, 0.1) is 6.21 Å². The molecule has 0 spiro atoms. The van der Waals surface area contributed by atoms with Gasteiger partial charge in [-0.1, -0.05) is 29.8 Å². The third-order valence-corrected chi connectivity index (χ3v) is 2.72. The highest BCUT2D eigenvalue weighted by atomic mass is 32.1. The fourth-order valence-electron chi connectivity index (χ4n) is 1.61. The van der Waals surface area contributed by atoms with Gasteiger partial charge in [-0.2, -0.15) is 5.10 Å². The lowest BCUT2D eigenvalue weighted by Crippen LogP contribution is -2.23. The van der Waals surface area contributed by atoms with E-state index in [9.17, 15) is 4.39 Å². The van der Waals surface area contributed by atoms with Crippen molar-refractivity contribution in [1.82, 2.24) is 5.43 Å². The van der Waals surface area contributed by atoms with Crippen LogP contribution in [0.5, 0.6) is 0 Å². The smallest absolute Gasteiger partial charge is 0.191 e. The maximum Gasteiger partial charge on any atom is 0.191 e. The second kappa shape index (κ2) is 6.77. The minimum Gasteiger partial charge on any atom is -0.331 e. The van der Waals surface area contributed by atoms with Gasteiger partial charge in [0.15, 0.2) is 5.11 Å². The molecular weight excluding hydrogens is 273 g/mol. The average Bonchev–Trinajstić information content (AvgIpc) is 2.41. The van der Waals surface area contributed by atoms with E-state index < -0.39 is 0 Å². The topological polar surface area (TPSA) is 36.4 Å². The minimum atomic E-state index is -0.285. The van der Waals surface area contributed by atoms with Gasteiger partial charge in [-0.25, -0.2) is 4.39 Å². The second-order valence-corrected chi connectivity index (χ2v) is 4.65. The summed E-state index contributed by atoms with van der Waals surface area (Å²) in [5, 5.41) is 7.30. The van der Waals surface area contributed by atoms with Crippen molar-refractivity contribution in [2.45, 2.75) is 6.92 Å². The van der Waals surface area contributed by atoms with E-state index in [0.717, 1.165) is 5.56 Å². The van der Waals surface area contributed by atoms with Crippen molar-refractivity contribution in [3.8, 4) is 0 Å². The molecule has 2 rings (SSSR count). The Morgan fingerprint density at radius 3 is 2.65 bits per heavy atom. The lowest BCUT2D eigenvalue weighted by atomic mass is 10.2. The molecule has 0 atom stereocenters. The SMILES string of the molecule is Cc1cccc(/C=N\NC(=S)Nc2ccc(F)cc2)c1. The average molecular weight is 287 g/mol. The number of hydrazone groups is 1. The molecule has 0 unspecified atom stereocenters. The maximum atomic E-state index is 12.7. The zero-order valence-electron chi connectivity index (χ0n) is 10.9. The first-order valence-electron chi connectivity index (χ1n) is 6.06. The van der Waals surface area contributed by atoms with Crippen molar-refractivity contribution >= 4 is 29.2 Å². The number of hydrogen-bond acceptors (Lipinski definition) is 2. The summed E-state index contributed by atoms with van der Waals surface area (Å²) in [4.78, 5) is 0. The zero-order chi connectivity index (χ0) is 14.4. The number of nitrogens with zero attached hydrogens (tertiary/aromatic N) is 1. The van der Waals surface area contributed by atoms with Crippen molar-refractivity contribution in [1.29, 1.82) is 0 Å². The number of anilines is 1. The molecule has 102 valence electrons. The molecule has 0 bridgehead atoms. The highest BCUT2D eigenvalue weighted by Crippen LogP contribution is 2.07. The van der Waals surface area contributed by atoms with Crippen molar-refractivity contribution in [2.24, 2.45) is 5.10 Å². The first-order chi connectivity index (χ1) is 9.63. The highest BCUT2D eigenvalue weighted by Gasteiger charge is 1.96. The standard InChI is InChI=1S/C15H14FN3S/c1-11-3-2-4-12(9-11)10-17-19-15(20)18-14-7-5-13(16)6-8-14/h2-10H,1H3,(H2,18,19,20)/b17-10-. The Kier molecular flexibility index (Phi) is 4.79. The van der Waals surface area contributed by atoms with Gasteiger partial charge >= 0.3 is 0 Å². The van der Waals surface area contributed by atoms with E-state index in [1.807, 2.05) is 31.2 Å². The number of halogens is 1. The van der Waals surface area contributed by atoms with Crippen molar-refractivity contribution in [2.75, 3.05) is 5.32 Å². The number of thiocarbonyl (C=S) groups is 1. The van der Waals surface area contributed by atoms with Gasteiger partial charge in [-0.05, 0) is 49.0 Å². The second-order valence-electron chi connectivity index (χ2n) is 4.25. The van der Waals surface area contributed by atoms with Crippen LogP contribution >= 0.6 is 12.2 Å². The van der Waals surface area contributed by atoms with E-state index in [0.29, 0.717) is 10.8 Å². The molecule has 0 fully saturated rings. The molecule has 0 amide bonds. The normalized spacial score (nSPS) is 10.5. The highest BCUT2D eigenvalue weighted by molar-refractivity contribution is 7.80. The molecular formula is C15H14FN3S. The van der Waals surface area contributed by atoms with Crippen molar-refractivity contribution in [3.05, 3.63) is 65.5 Å². The molecule has 0 heterocycles. The molecule has 0 aliphatic heterocycles. The molecule has 2 aromatic rings. The van der Waals surface area contributed by atoms with Crippen LogP contribution in [0.2, 0.25) is 0 Å². The summed E-state index contributed by atoms with van der Waals surface area (Å²) in [5.74, 6) is -0.285. The minimum absolute atomic E-state index is 0.285. The van der Waals surface area contributed by atoms with E-state index >= 15 is 0 Å². The monoisotopic (exact) mass is 287 g/mol. The van der Waals surface area contributed by atoms with Crippen LogP contribution in [0.3, 0.4) is 0 Å². The fraction of sp³-hybridized carbons (Fsp3) is 0.0667. The van der Waals surface area contributed by atoms with Crippen LogP contribution in [-0.2, 0) is 0 Å². The quantitative estimate of drug-likeness (QED) is 0.516. The molecule has 0 radical (unpaired) electrons. The molecule has 2 N–H and O–H groups in total. The van der Waals surface area contributed by atoms with Crippen LogP contribution in [-0.4, -0.2) is 11.3 Å². The van der Waals surface area contributed by atoms with E-state index in [1.165, 1.54) is 17.7 Å².